The molecular weight excluding hydrogens is 426 g/mol. The van der Waals surface area contributed by atoms with E-state index in [1.54, 1.807) is 4.90 Å². The number of hydrogen-bond donors (Lipinski definition) is 1. The summed E-state index contributed by atoms with van der Waals surface area (Å²) in [6, 6.07) is 15.8. The number of benzene rings is 2. The Morgan fingerprint density at radius 1 is 1.03 bits per heavy atom. The Bertz CT molecular complexity index is 1130. The van der Waals surface area contributed by atoms with Crippen LogP contribution in [-0.2, 0) is 24.9 Å². The minimum atomic E-state index is -0.861. The van der Waals surface area contributed by atoms with E-state index in [9.17, 15) is 18.4 Å². The van der Waals surface area contributed by atoms with Gasteiger partial charge in [-0.15, -0.1) is 0 Å². The molecule has 0 radical (unpaired) electrons. The van der Waals surface area contributed by atoms with Gasteiger partial charge in [-0.25, -0.2) is 13.6 Å². The van der Waals surface area contributed by atoms with Gasteiger partial charge in [-0.1, -0.05) is 30.3 Å². The number of nitrogens with zero attached hydrogens (tertiary/aromatic N) is 3. The first kappa shape index (κ1) is 22.5. The van der Waals surface area contributed by atoms with E-state index in [-0.39, 0.29) is 24.2 Å². The number of rotatable bonds is 8. The summed E-state index contributed by atoms with van der Waals surface area (Å²) < 4.78 is 29.2. The molecule has 2 aromatic carbocycles. The van der Waals surface area contributed by atoms with Crippen LogP contribution in [0.25, 0.3) is 0 Å². The van der Waals surface area contributed by atoms with Gasteiger partial charge in [0.2, 0.25) is 5.91 Å². The highest BCUT2D eigenvalue weighted by Gasteiger charge is 2.35. The third-order valence-corrected chi connectivity index (χ3v) is 5.70. The Morgan fingerprint density at radius 3 is 2.42 bits per heavy atom. The third-order valence-electron chi connectivity index (χ3n) is 5.70. The first-order valence-electron chi connectivity index (χ1n) is 10.9. The molecule has 0 unspecified atom stereocenters. The molecule has 1 fully saturated rings. The van der Waals surface area contributed by atoms with E-state index in [1.165, 1.54) is 11.0 Å². The second-order valence-electron chi connectivity index (χ2n) is 8.26. The first-order chi connectivity index (χ1) is 15.9. The fourth-order valence-electron chi connectivity index (χ4n) is 3.67. The highest BCUT2D eigenvalue weighted by atomic mass is 19.1. The monoisotopic (exact) mass is 452 g/mol. The van der Waals surface area contributed by atoms with E-state index >= 15 is 0 Å². The molecule has 0 atom stereocenters. The van der Waals surface area contributed by atoms with Crippen LogP contribution in [0.1, 0.15) is 24.1 Å². The first-order valence-corrected chi connectivity index (χ1v) is 10.9. The molecule has 1 aromatic heterocycles. The Balaban J connectivity index is 1.50. The topological polar surface area (TPSA) is 57.6 Å². The molecule has 0 saturated heterocycles. The summed E-state index contributed by atoms with van der Waals surface area (Å²) in [5.41, 5.74) is 1.83. The predicted octanol–water partition coefficient (Wildman–Crippen LogP) is 4.53. The lowest BCUT2D eigenvalue weighted by atomic mass is 10.2. The van der Waals surface area contributed by atoms with Crippen LogP contribution in [0.5, 0.6) is 0 Å². The van der Waals surface area contributed by atoms with Gasteiger partial charge < -0.3 is 19.7 Å². The summed E-state index contributed by atoms with van der Waals surface area (Å²) in [6.07, 6.45) is 3.48. The zero-order valence-corrected chi connectivity index (χ0v) is 18.4. The average Bonchev–Trinajstić information content (AvgIpc) is 3.56. The van der Waals surface area contributed by atoms with Crippen LogP contribution in [-0.4, -0.2) is 38.9 Å². The number of carbonyl (C=O) groups is 2. The van der Waals surface area contributed by atoms with Crippen molar-refractivity contribution in [2.45, 2.75) is 32.0 Å². The van der Waals surface area contributed by atoms with E-state index < -0.39 is 17.7 Å². The molecule has 1 aliphatic rings. The summed E-state index contributed by atoms with van der Waals surface area (Å²) in [5.74, 6) is -1.79. The van der Waals surface area contributed by atoms with E-state index in [0.717, 1.165) is 30.2 Å². The van der Waals surface area contributed by atoms with E-state index in [1.807, 2.05) is 60.3 Å². The van der Waals surface area contributed by atoms with Crippen LogP contribution in [0.4, 0.5) is 19.3 Å². The molecule has 4 rings (SSSR count). The number of urea groups is 1. The van der Waals surface area contributed by atoms with E-state index in [0.29, 0.717) is 19.2 Å². The summed E-state index contributed by atoms with van der Waals surface area (Å²) in [6.45, 7) is 0.665. The molecule has 1 saturated carbocycles. The third kappa shape index (κ3) is 5.77. The molecular formula is C25H26F2N4O2. The lowest BCUT2D eigenvalue weighted by Gasteiger charge is -2.28. The summed E-state index contributed by atoms with van der Waals surface area (Å²) >= 11 is 0. The highest BCUT2D eigenvalue weighted by Crippen LogP contribution is 2.28. The van der Waals surface area contributed by atoms with Gasteiger partial charge in [0.25, 0.3) is 0 Å². The summed E-state index contributed by atoms with van der Waals surface area (Å²) in [4.78, 5) is 29.4. The average molecular weight is 453 g/mol. The molecule has 33 heavy (non-hydrogen) atoms. The Labute approximate surface area is 191 Å². The Kier molecular flexibility index (Phi) is 6.72. The van der Waals surface area contributed by atoms with Gasteiger partial charge in [-0.2, -0.15) is 0 Å². The number of aryl methyl sites for hydroxylation is 1. The number of hydrogen-bond acceptors (Lipinski definition) is 2. The largest absolute Gasteiger partial charge is 0.353 e. The number of amides is 3. The van der Waals surface area contributed by atoms with Gasteiger partial charge >= 0.3 is 6.03 Å². The highest BCUT2D eigenvalue weighted by molar-refractivity contribution is 5.93. The van der Waals surface area contributed by atoms with Crippen molar-refractivity contribution in [2.24, 2.45) is 7.05 Å². The quantitative estimate of drug-likeness (QED) is 0.546. The van der Waals surface area contributed by atoms with Gasteiger partial charge in [-0.05, 0) is 42.7 Å². The maximum Gasteiger partial charge on any atom is 0.322 e. The van der Waals surface area contributed by atoms with Crippen molar-refractivity contribution in [3.05, 3.63) is 89.8 Å². The standard InChI is InChI=1S/C25H26F2N4O2/c1-29-13-5-8-21(29)16-30(15-18-6-3-2-4-7-18)24(32)17-31(20-10-11-20)25(33)28-23-12-9-19(26)14-22(23)27/h2-9,12-14,20H,10-11,15-17H2,1H3,(H,28,33). The smallest absolute Gasteiger partial charge is 0.322 e. The van der Waals surface area contributed by atoms with Crippen molar-refractivity contribution >= 4 is 17.6 Å². The van der Waals surface area contributed by atoms with Crippen LogP contribution in [0, 0.1) is 11.6 Å². The van der Waals surface area contributed by atoms with Crippen LogP contribution in [0.3, 0.4) is 0 Å². The van der Waals surface area contributed by atoms with Gasteiger partial charge in [0.1, 0.15) is 18.2 Å². The van der Waals surface area contributed by atoms with Crippen LogP contribution >= 0.6 is 0 Å². The molecule has 8 heteroatoms. The number of nitrogens with one attached hydrogen (secondary N) is 1. The van der Waals surface area contributed by atoms with Crippen molar-refractivity contribution in [3.8, 4) is 0 Å². The van der Waals surface area contributed by atoms with Crippen molar-refractivity contribution in [3.63, 3.8) is 0 Å². The molecule has 0 spiro atoms. The molecule has 172 valence electrons. The van der Waals surface area contributed by atoms with Gasteiger partial charge in [0.15, 0.2) is 0 Å². The summed E-state index contributed by atoms with van der Waals surface area (Å²) in [7, 11) is 1.92. The molecule has 6 nitrogen and oxygen atoms in total. The normalized spacial score (nSPS) is 12.9. The minimum Gasteiger partial charge on any atom is -0.353 e. The van der Waals surface area contributed by atoms with Crippen molar-refractivity contribution in [1.29, 1.82) is 0 Å². The van der Waals surface area contributed by atoms with Crippen molar-refractivity contribution < 1.29 is 18.4 Å². The molecule has 1 N–H and O–H groups in total. The maximum atomic E-state index is 14.0. The second-order valence-corrected chi connectivity index (χ2v) is 8.26. The SMILES string of the molecule is Cn1cccc1CN(Cc1ccccc1)C(=O)CN(C(=O)Nc1ccc(F)cc1F)C1CC1. The van der Waals surface area contributed by atoms with Crippen LogP contribution < -0.4 is 5.32 Å². The molecule has 1 aliphatic carbocycles. The van der Waals surface area contributed by atoms with Crippen LogP contribution in [0.2, 0.25) is 0 Å². The Morgan fingerprint density at radius 2 is 1.79 bits per heavy atom. The number of anilines is 1. The van der Waals surface area contributed by atoms with E-state index in [2.05, 4.69) is 5.32 Å². The summed E-state index contributed by atoms with van der Waals surface area (Å²) in [5, 5.41) is 2.48. The minimum absolute atomic E-state index is 0.0777. The van der Waals surface area contributed by atoms with Crippen LogP contribution in [0.15, 0.2) is 66.9 Å². The molecule has 0 bridgehead atoms. The number of halogens is 2. The zero-order chi connectivity index (χ0) is 23.4. The molecule has 3 amide bonds. The maximum absolute atomic E-state index is 14.0. The van der Waals surface area contributed by atoms with Crippen molar-refractivity contribution in [2.75, 3.05) is 11.9 Å². The fraction of sp³-hybridized carbons (Fsp3) is 0.280. The lowest BCUT2D eigenvalue weighted by Crippen LogP contribution is -2.45. The van der Waals surface area contributed by atoms with Gasteiger partial charge in [0, 0.05) is 37.6 Å². The molecule has 0 aliphatic heterocycles. The van der Waals surface area contributed by atoms with Crippen molar-refractivity contribution in [1.82, 2.24) is 14.4 Å². The fourth-order valence-corrected chi connectivity index (χ4v) is 3.67. The second kappa shape index (κ2) is 9.85. The number of aromatic nitrogens is 1. The Hall–Kier alpha value is -3.68. The molecule has 3 aromatic rings. The molecule has 1 heterocycles. The predicted molar refractivity (Wildman–Crippen MR) is 121 cm³/mol. The zero-order valence-electron chi connectivity index (χ0n) is 18.4. The lowest BCUT2D eigenvalue weighted by molar-refractivity contribution is -0.133. The van der Waals surface area contributed by atoms with E-state index in [4.69, 9.17) is 0 Å². The number of carbonyl (C=O) groups excluding carboxylic acids is 2. The van der Waals surface area contributed by atoms with Gasteiger partial charge in [0.05, 0.1) is 12.2 Å². The van der Waals surface area contributed by atoms with Gasteiger partial charge in [-0.3, -0.25) is 4.79 Å².